The van der Waals surface area contributed by atoms with Crippen LogP contribution in [0, 0.1) is 0 Å². The largest absolute Gasteiger partial charge is 0.384 e. The fourth-order valence-corrected chi connectivity index (χ4v) is 2.85. The van der Waals surface area contributed by atoms with Crippen LogP contribution in [0.15, 0.2) is 48.5 Å². The van der Waals surface area contributed by atoms with Crippen molar-refractivity contribution in [3.05, 3.63) is 69.7 Å². The first-order chi connectivity index (χ1) is 13.9. The van der Waals surface area contributed by atoms with Gasteiger partial charge in [0.05, 0.1) is 0 Å². The van der Waals surface area contributed by atoms with Gasteiger partial charge in [-0.15, -0.1) is 0 Å². The SMILES string of the molecule is FC(F)(Cc1ccc(Cl)cc1)C(F)(F)C(F)(F)C(F)(F)C(F)(F)Cc1ccc(Cl)cc1. The molecule has 0 amide bonds. The Hall–Kier alpha value is -1.68. The normalized spacial score (nSPS) is 14.1. The Balaban J connectivity index is 2.37. The smallest absolute Gasteiger partial charge is 0.199 e. The standard InChI is InChI=1S/C19H12Cl2F10/c20-13-5-1-11(2-6-13)9-15(22,23)17(26,27)19(30,31)18(28,29)16(24,25)10-12-3-7-14(21)8-4-12/h1-8H,9-10H2. The monoisotopic (exact) mass is 500 g/mol. The van der Waals surface area contributed by atoms with Crippen molar-refractivity contribution in [1.82, 2.24) is 0 Å². The van der Waals surface area contributed by atoms with Crippen LogP contribution in [0.2, 0.25) is 10.0 Å². The minimum atomic E-state index is -7.11. The lowest BCUT2D eigenvalue weighted by atomic mass is 9.89. The average Bonchev–Trinajstić information content (AvgIpc) is 2.64. The molecule has 0 spiro atoms. The number of hydrogen-bond donors (Lipinski definition) is 0. The quantitative estimate of drug-likeness (QED) is 0.322. The van der Waals surface area contributed by atoms with Crippen molar-refractivity contribution in [2.24, 2.45) is 0 Å². The summed E-state index contributed by atoms with van der Waals surface area (Å²) in [6.45, 7) is 0. The highest BCUT2D eigenvalue weighted by atomic mass is 35.5. The fraction of sp³-hybridized carbons (Fsp3) is 0.368. The van der Waals surface area contributed by atoms with Gasteiger partial charge in [0.2, 0.25) is 0 Å². The van der Waals surface area contributed by atoms with Gasteiger partial charge in [-0.2, -0.15) is 43.9 Å². The summed E-state index contributed by atoms with van der Waals surface area (Å²) in [5.41, 5.74) is -1.30. The molecule has 0 saturated carbocycles. The minimum absolute atomic E-state index is 0.00229. The number of halogens is 12. The molecular weight excluding hydrogens is 489 g/mol. The molecule has 2 aromatic rings. The molecule has 0 fully saturated rings. The molecule has 12 heteroatoms. The zero-order valence-corrected chi connectivity index (χ0v) is 16.6. The second-order valence-electron chi connectivity index (χ2n) is 6.74. The first-order valence-electron chi connectivity index (χ1n) is 8.32. The Kier molecular flexibility index (Phi) is 6.89. The van der Waals surface area contributed by atoms with Crippen molar-refractivity contribution in [2.75, 3.05) is 0 Å². The summed E-state index contributed by atoms with van der Waals surface area (Å²) in [6.07, 6.45) is -4.24. The average molecular weight is 501 g/mol. The highest BCUT2D eigenvalue weighted by Crippen LogP contribution is 2.58. The van der Waals surface area contributed by atoms with Gasteiger partial charge in [-0.3, -0.25) is 0 Å². The predicted octanol–water partition coefficient (Wildman–Crippen LogP) is 7.96. The lowest BCUT2D eigenvalue weighted by Crippen LogP contribution is -2.68. The molecule has 0 unspecified atom stereocenters. The van der Waals surface area contributed by atoms with Crippen LogP contribution in [0.1, 0.15) is 11.1 Å². The van der Waals surface area contributed by atoms with E-state index in [0.717, 1.165) is 48.5 Å². The first kappa shape index (κ1) is 25.6. The summed E-state index contributed by atoms with van der Waals surface area (Å²) in [6, 6.07) is 6.98. The Morgan fingerprint density at radius 2 is 0.710 bits per heavy atom. The van der Waals surface area contributed by atoms with Gasteiger partial charge in [-0.05, 0) is 35.4 Å². The zero-order valence-electron chi connectivity index (χ0n) is 15.1. The van der Waals surface area contributed by atoms with Gasteiger partial charge in [0.25, 0.3) is 0 Å². The fourth-order valence-electron chi connectivity index (χ4n) is 2.60. The van der Waals surface area contributed by atoms with E-state index in [1.165, 1.54) is 0 Å². The summed E-state index contributed by atoms with van der Waals surface area (Å²) < 4.78 is 140. The lowest BCUT2D eigenvalue weighted by Gasteiger charge is -2.39. The van der Waals surface area contributed by atoms with Crippen LogP contribution in [0.5, 0.6) is 0 Å². The molecule has 172 valence electrons. The third-order valence-corrected chi connectivity index (χ3v) is 4.89. The molecule has 0 saturated heterocycles. The number of alkyl halides is 10. The Morgan fingerprint density at radius 1 is 0.452 bits per heavy atom. The van der Waals surface area contributed by atoms with E-state index in [1.807, 2.05) is 0 Å². The molecule has 0 aromatic heterocycles. The Labute approximate surface area is 179 Å². The van der Waals surface area contributed by atoms with Gasteiger partial charge in [0, 0.05) is 22.9 Å². The summed E-state index contributed by atoms with van der Waals surface area (Å²) in [5.74, 6) is -32.4. The Bertz CT molecular complexity index is 819. The minimum Gasteiger partial charge on any atom is -0.199 e. The van der Waals surface area contributed by atoms with Crippen molar-refractivity contribution in [3.63, 3.8) is 0 Å². The summed E-state index contributed by atoms with van der Waals surface area (Å²) in [4.78, 5) is 0. The number of hydrogen-bond acceptors (Lipinski definition) is 0. The molecule has 0 radical (unpaired) electrons. The van der Waals surface area contributed by atoms with E-state index in [-0.39, 0.29) is 10.0 Å². The molecule has 2 aromatic carbocycles. The molecule has 0 N–H and O–H groups in total. The summed E-state index contributed by atoms with van der Waals surface area (Å²) >= 11 is 11.0. The van der Waals surface area contributed by atoms with Crippen LogP contribution in [0.25, 0.3) is 0 Å². The highest BCUT2D eigenvalue weighted by molar-refractivity contribution is 6.30. The Morgan fingerprint density at radius 3 is 0.968 bits per heavy atom. The maximum Gasteiger partial charge on any atom is 0.384 e. The van der Waals surface area contributed by atoms with Gasteiger partial charge in [0.15, 0.2) is 0 Å². The second kappa shape index (κ2) is 8.35. The van der Waals surface area contributed by atoms with Gasteiger partial charge in [0.1, 0.15) is 0 Å². The van der Waals surface area contributed by atoms with Crippen LogP contribution in [-0.2, 0) is 12.8 Å². The lowest BCUT2D eigenvalue weighted by molar-refractivity contribution is -0.400. The van der Waals surface area contributed by atoms with Crippen LogP contribution in [-0.4, -0.2) is 29.6 Å². The van der Waals surface area contributed by atoms with Crippen molar-refractivity contribution in [2.45, 2.75) is 42.5 Å². The van der Waals surface area contributed by atoms with Crippen LogP contribution < -0.4 is 0 Å². The number of benzene rings is 2. The third-order valence-electron chi connectivity index (χ3n) is 4.39. The van der Waals surface area contributed by atoms with E-state index in [2.05, 4.69) is 0 Å². The van der Waals surface area contributed by atoms with Crippen molar-refractivity contribution in [3.8, 4) is 0 Å². The number of rotatable bonds is 8. The van der Waals surface area contributed by atoms with Crippen LogP contribution >= 0.6 is 23.2 Å². The zero-order chi connectivity index (χ0) is 23.9. The van der Waals surface area contributed by atoms with Crippen LogP contribution in [0.3, 0.4) is 0 Å². The summed E-state index contributed by atoms with van der Waals surface area (Å²) in [7, 11) is 0. The first-order valence-corrected chi connectivity index (χ1v) is 9.08. The molecule has 0 aliphatic rings. The molecule has 0 atom stereocenters. The molecule has 2 rings (SSSR count). The molecule has 0 aliphatic heterocycles. The van der Waals surface area contributed by atoms with Crippen LogP contribution in [0.4, 0.5) is 43.9 Å². The van der Waals surface area contributed by atoms with Gasteiger partial charge in [-0.25, -0.2) is 0 Å². The molecule has 0 nitrogen and oxygen atoms in total. The molecule has 0 heterocycles. The van der Waals surface area contributed by atoms with E-state index in [0.29, 0.717) is 0 Å². The maximum atomic E-state index is 14.0. The molecule has 0 bridgehead atoms. The van der Waals surface area contributed by atoms with E-state index in [1.54, 1.807) is 0 Å². The van der Waals surface area contributed by atoms with E-state index < -0.39 is 53.6 Å². The van der Waals surface area contributed by atoms with Crippen molar-refractivity contribution >= 4 is 23.2 Å². The van der Waals surface area contributed by atoms with Crippen molar-refractivity contribution < 1.29 is 43.9 Å². The van der Waals surface area contributed by atoms with Gasteiger partial charge >= 0.3 is 29.6 Å². The second-order valence-corrected chi connectivity index (χ2v) is 7.61. The van der Waals surface area contributed by atoms with E-state index >= 15 is 0 Å². The van der Waals surface area contributed by atoms with Crippen molar-refractivity contribution in [1.29, 1.82) is 0 Å². The van der Waals surface area contributed by atoms with Gasteiger partial charge in [-0.1, -0.05) is 47.5 Å². The maximum absolute atomic E-state index is 14.0. The molecule has 0 aliphatic carbocycles. The van der Waals surface area contributed by atoms with E-state index in [9.17, 15) is 43.9 Å². The topological polar surface area (TPSA) is 0 Å². The summed E-state index contributed by atoms with van der Waals surface area (Å²) in [5, 5.41) is -0.00457. The van der Waals surface area contributed by atoms with Gasteiger partial charge < -0.3 is 0 Å². The highest BCUT2D eigenvalue weighted by Gasteiger charge is 2.85. The molecular formula is C19H12Cl2F10. The predicted molar refractivity (Wildman–Crippen MR) is 95.0 cm³/mol. The molecule has 31 heavy (non-hydrogen) atoms. The van der Waals surface area contributed by atoms with E-state index in [4.69, 9.17) is 23.2 Å². The third kappa shape index (κ3) is 4.74.